The molecule has 0 bridgehead atoms. The van der Waals surface area contributed by atoms with Gasteiger partial charge >= 0.3 is 11.9 Å². The number of rotatable bonds is 2. The van der Waals surface area contributed by atoms with Gasteiger partial charge in [-0.25, -0.2) is 9.59 Å². The number of hydrogen-bond donors (Lipinski definition) is 0. The van der Waals surface area contributed by atoms with E-state index in [1.165, 1.54) is 31.9 Å². The second-order valence-electron chi connectivity index (χ2n) is 8.92. The summed E-state index contributed by atoms with van der Waals surface area (Å²) < 4.78 is 16.3. The molecule has 0 N–H and O–H groups in total. The summed E-state index contributed by atoms with van der Waals surface area (Å²) in [6.45, 7) is 10.5. The van der Waals surface area contributed by atoms with Crippen LogP contribution in [-0.2, 0) is 23.8 Å². The van der Waals surface area contributed by atoms with Gasteiger partial charge in [0.1, 0.15) is 6.10 Å². The minimum absolute atomic E-state index is 0.0314. The maximum Gasteiger partial charge on any atom is 0.337 e. The Morgan fingerprint density at radius 3 is 2.56 bits per heavy atom. The summed E-state index contributed by atoms with van der Waals surface area (Å²) in [5, 5.41) is 0. The number of cyclic esters (lactones) is 1. The molecule has 0 aromatic carbocycles. The van der Waals surface area contributed by atoms with Crippen molar-refractivity contribution in [2.75, 3.05) is 0 Å². The Labute approximate surface area is 162 Å². The largest absolute Gasteiger partial charge is 0.458 e. The molecule has 3 fully saturated rings. The SMILES string of the molecule is CC1=CC(O/C=C2/C(=O)OC3C2CC2CCCC(C)(C)C23)OC1=O.CCC. The molecule has 0 aromatic heterocycles. The lowest BCUT2D eigenvalue weighted by atomic mass is 9.64. The maximum absolute atomic E-state index is 12.3. The van der Waals surface area contributed by atoms with Crippen LogP contribution in [0.3, 0.4) is 0 Å². The van der Waals surface area contributed by atoms with E-state index in [4.69, 9.17) is 14.2 Å². The molecule has 1 saturated heterocycles. The highest BCUT2D eigenvalue weighted by atomic mass is 16.7. The smallest absolute Gasteiger partial charge is 0.337 e. The minimum Gasteiger partial charge on any atom is -0.458 e. The van der Waals surface area contributed by atoms with Crippen molar-refractivity contribution >= 4 is 11.9 Å². The quantitative estimate of drug-likeness (QED) is 0.403. The van der Waals surface area contributed by atoms with Crippen LogP contribution in [0, 0.1) is 23.2 Å². The van der Waals surface area contributed by atoms with Gasteiger partial charge in [0, 0.05) is 23.5 Å². The zero-order valence-corrected chi connectivity index (χ0v) is 17.1. The van der Waals surface area contributed by atoms with Gasteiger partial charge in [0.05, 0.1) is 11.8 Å². The van der Waals surface area contributed by atoms with Crippen molar-refractivity contribution in [2.45, 2.75) is 79.1 Å². The molecule has 0 aromatic rings. The van der Waals surface area contributed by atoms with Crippen LogP contribution in [0.25, 0.3) is 0 Å². The average Bonchev–Trinajstić information content (AvgIpc) is 3.18. The lowest BCUT2D eigenvalue weighted by Gasteiger charge is -2.42. The van der Waals surface area contributed by atoms with Crippen LogP contribution in [0.1, 0.15) is 66.7 Å². The summed E-state index contributed by atoms with van der Waals surface area (Å²) in [6.07, 6.45) is 8.20. The van der Waals surface area contributed by atoms with E-state index in [0.29, 0.717) is 23.0 Å². The van der Waals surface area contributed by atoms with Crippen molar-refractivity contribution in [3.05, 3.63) is 23.5 Å². The summed E-state index contributed by atoms with van der Waals surface area (Å²) in [5.74, 6) is 0.491. The molecule has 0 radical (unpaired) electrons. The lowest BCUT2D eigenvalue weighted by Crippen LogP contribution is -2.38. The molecule has 5 nitrogen and oxygen atoms in total. The molecule has 5 atom stereocenters. The van der Waals surface area contributed by atoms with Gasteiger partial charge in [-0.05, 0) is 37.5 Å². The van der Waals surface area contributed by atoms with E-state index in [-0.39, 0.29) is 29.4 Å². The fraction of sp³-hybridized carbons (Fsp3) is 0.727. The Morgan fingerprint density at radius 1 is 1.22 bits per heavy atom. The number of carbonyl (C=O) groups excluding carboxylic acids is 2. The fourth-order valence-electron chi connectivity index (χ4n) is 5.14. The van der Waals surface area contributed by atoms with Gasteiger partial charge in [-0.15, -0.1) is 0 Å². The third-order valence-corrected chi connectivity index (χ3v) is 6.25. The van der Waals surface area contributed by atoms with Gasteiger partial charge in [-0.2, -0.15) is 0 Å². The van der Waals surface area contributed by atoms with E-state index in [2.05, 4.69) is 27.7 Å². The number of esters is 2. The van der Waals surface area contributed by atoms with E-state index in [0.717, 1.165) is 6.42 Å². The molecule has 150 valence electrons. The Morgan fingerprint density at radius 2 is 1.93 bits per heavy atom. The highest BCUT2D eigenvalue weighted by molar-refractivity contribution is 5.91. The first-order valence-electron chi connectivity index (χ1n) is 10.2. The van der Waals surface area contributed by atoms with Crippen molar-refractivity contribution in [2.24, 2.45) is 23.2 Å². The van der Waals surface area contributed by atoms with Crippen molar-refractivity contribution in [1.29, 1.82) is 0 Å². The molecule has 5 heteroatoms. The molecule has 5 unspecified atom stereocenters. The van der Waals surface area contributed by atoms with Crippen molar-refractivity contribution in [1.82, 2.24) is 0 Å². The highest BCUT2D eigenvalue weighted by Gasteiger charge is 2.58. The normalized spacial score (nSPS) is 37.6. The lowest BCUT2D eigenvalue weighted by molar-refractivity contribution is -0.152. The van der Waals surface area contributed by atoms with Crippen molar-refractivity contribution < 1.29 is 23.8 Å². The summed E-state index contributed by atoms with van der Waals surface area (Å²) in [5.41, 5.74) is 1.33. The van der Waals surface area contributed by atoms with Gasteiger partial charge in [0.15, 0.2) is 0 Å². The molecule has 2 aliphatic heterocycles. The van der Waals surface area contributed by atoms with Crippen molar-refractivity contribution in [3.63, 3.8) is 0 Å². The molecule has 2 aliphatic carbocycles. The molecular weight excluding hydrogens is 344 g/mol. The zero-order valence-electron chi connectivity index (χ0n) is 17.1. The summed E-state index contributed by atoms with van der Waals surface area (Å²) in [7, 11) is 0. The van der Waals surface area contributed by atoms with Crippen LogP contribution in [0.15, 0.2) is 23.5 Å². The van der Waals surface area contributed by atoms with E-state index in [1.807, 2.05) is 0 Å². The number of fused-ring (bicyclic) bond motifs is 3. The molecule has 0 amide bonds. The molecule has 4 aliphatic rings. The van der Waals surface area contributed by atoms with Gasteiger partial charge < -0.3 is 14.2 Å². The number of carbonyl (C=O) groups is 2. The van der Waals surface area contributed by atoms with Crippen LogP contribution >= 0.6 is 0 Å². The van der Waals surface area contributed by atoms with Gasteiger partial charge in [-0.3, -0.25) is 0 Å². The topological polar surface area (TPSA) is 61.8 Å². The summed E-state index contributed by atoms with van der Waals surface area (Å²) >= 11 is 0. The summed E-state index contributed by atoms with van der Waals surface area (Å²) in [6, 6.07) is 0. The first kappa shape index (κ1) is 20.0. The molecule has 2 saturated carbocycles. The fourth-order valence-corrected chi connectivity index (χ4v) is 5.14. The Bertz CT molecular complexity index is 660. The van der Waals surface area contributed by atoms with Crippen molar-refractivity contribution in [3.8, 4) is 0 Å². The third-order valence-electron chi connectivity index (χ3n) is 6.25. The minimum atomic E-state index is -0.739. The maximum atomic E-state index is 12.3. The van der Waals surface area contributed by atoms with Gasteiger partial charge in [0.2, 0.25) is 0 Å². The Balaban J connectivity index is 0.000000659. The highest BCUT2D eigenvalue weighted by Crippen LogP contribution is 2.58. The van der Waals surface area contributed by atoms with E-state index in [9.17, 15) is 9.59 Å². The predicted octanol–water partition coefficient (Wildman–Crippen LogP) is 4.52. The molecule has 27 heavy (non-hydrogen) atoms. The van der Waals surface area contributed by atoms with Crippen LogP contribution < -0.4 is 0 Å². The van der Waals surface area contributed by atoms with Crippen LogP contribution in [0.4, 0.5) is 0 Å². The third kappa shape index (κ3) is 3.78. The zero-order chi connectivity index (χ0) is 19.8. The standard InChI is InChI=1S/C19H24O5.C3H8/c1-10-7-14(23-17(10)20)22-9-13-12-8-11-5-4-6-19(2,3)15(11)16(12)24-18(13)21;1-3-2/h7,9,11-12,14-16H,4-6,8H2,1-3H3;3H2,1-2H3/b13-9+;. The van der Waals surface area contributed by atoms with Gasteiger partial charge in [0.25, 0.3) is 6.29 Å². The Kier molecular flexibility index (Phi) is 5.68. The van der Waals surface area contributed by atoms with Crippen LogP contribution in [0.2, 0.25) is 0 Å². The molecule has 2 heterocycles. The van der Waals surface area contributed by atoms with E-state index < -0.39 is 6.29 Å². The first-order valence-corrected chi connectivity index (χ1v) is 10.2. The predicted molar refractivity (Wildman–Crippen MR) is 101 cm³/mol. The van der Waals surface area contributed by atoms with Gasteiger partial charge in [-0.1, -0.05) is 40.5 Å². The van der Waals surface area contributed by atoms with Crippen LogP contribution in [-0.4, -0.2) is 24.3 Å². The second-order valence-corrected chi connectivity index (χ2v) is 8.92. The number of ether oxygens (including phenoxy) is 3. The average molecular weight is 376 g/mol. The first-order chi connectivity index (χ1) is 12.8. The Hall–Kier alpha value is -1.78. The van der Waals surface area contributed by atoms with Crippen LogP contribution in [0.5, 0.6) is 0 Å². The monoisotopic (exact) mass is 376 g/mol. The van der Waals surface area contributed by atoms with E-state index >= 15 is 0 Å². The molecule has 4 rings (SSSR count). The van der Waals surface area contributed by atoms with E-state index in [1.54, 1.807) is 13.0 Å². The number of hydrogen-bond acceptors (Lipinski definition) is 5. The molecule has 0 spiro atoms. The molecular formula is C22H32O5. The summed E-state index contributed by atoms with van der Waals surface area (Å²) in [4.78, 5) is 23.7. The second kappa shape index (κ2) is 7.69.